The number of aryl methyl sites for hydroxylation is 1. The molecule has 170 valence electrons. The second-order valence-electron chi connectivity index (χ2n) is 7.88. The van der Waals surface area contributed by atoms with Crippen molar-refractivity contribution in [3.8, 4) is 22.5 Å². The van der Waals surface area contributed by atoms with Crippen LogP contribution in [0.25, 0.3) is 22.5 Å². The zero-order valence-electron chi connectivity index (χ0n) is 18.9. The van der Waals surface area contributed by atoms with Crippen molar-refractivity contribution in [3.63, 3.8) is 0 Å². The highest BCUT2D eigenvalue weighted by Gasteiger charge is 2.17. The first-order chi connectivity index (χ1) is 16.1. The number of carbonyl (C=O) groups is 1. The highest BCUT2D eigenvalue weighted by Crippen LogP contribution is 2.29. The van der Waals surface area contributed by atoms with Crippen molar-refractivity contribution < 1.29 is 4.79 Å². The topological polar surface area (TPSA) is 111 Å². The summed E-state index contributed by atoms with van der Waals surface area (Å²) < 4.78 is 2.63. The standard InChI is InChI=1S/C24H27N7O2/c1-3-5-6-11-21-27-31(22(32)4-2)24(33)30(21)16-17-12-14-18(15-13-17)19-9-7-8-10-20(19)23-25-28-29-26-23/h7-10,12-15H,3-6,11,16H2,1-2H3,(H,25,26,28,29). The van der Waals surface area contributed by atoms with Gasteiger partial charge in [0.15, 0.2) is 0 Å². The Kier molecular flexibility index (Phi) is 6.87. The Morgan fingerprint density at radius 1 is 1.00 bits per heavy atom. The first-order valence-corrected chi connectivity index (χ1v) is 11.3. The third kappa shape index (κ3) is 4.82. The molecule has 0 aliphatic heterocycles. The summed E-state index contributed by atoms with van der Waals surface area (Å²) in [5.41, 5.74) is 3.46. The van der Waals surface area contributed by atoms with Gasteiger partial charge in [0.1, 0.15) is 5.82 Å². The largest absolute Gasteiger partial charge is 0.353 e. The molecule has 1 N–H and O–H groups in total. The number of hydrogen-bond acceptors (Lipinski definition) is 6. The predicted octanol–water partition coefficient (Wildman–Crippen LogP) is 3.72. The van der Waals surface area contributed by atoms with Crippen LogP contribution in [0.2, 0.25) is 0 Å². The van der Waals surface area contributed by atoms with Gasteiger partial charge in [-0.25, -0.2) is 4.79 Å². The van der Waals surface area contributed by atoms with E-state index in [0.29, 0.717) is 24.6 Å². The lowest BCUT2D eigenvalue weighted by Crippen LogP contribution is -2.30. The number of hydrogen-bond donors (Lipinski definition) is 1. The maximum atomic E-state index is 12.9. The van der Waals surface area contributed by atoms with Gasteiger partial charge in [-0.1, -0.05) is 75.2 Å². The lowest BCUT2D eigenvalue weighted by molar-refractivity contribution is 0.0887. The summed E-state index contributed by atoms with van der Waals surface area (Å²) in [7, 11) is 0. The monoisotopic (exact) mass is 445 g/mol. The highest BCUT2D eigenvalue weighted by atomic mass is 16.2. The van der Waals surface area contributed by atoms with Crippen LogP contribution in [0.5, 0.6) is 0 Å². The van der Waals surface area contributed by atoms with Crippen LogP contribution in [0.15, 0.2) is 53.3 Å². The average Bonchev–Trinajstić information content (AvgIpc) is 3.49. The molecule has 0 atom stereocenters. The van der Waals surface area contributed by atoms with Gasteiger partial charge in [-0.2, -0.15) is 5.21 Å². The average molecular weight is 446 g/mol. The normalized spacial score (nSPS) is 11.1. The third-order valence-electron chi connectivity index (χ3n) is 5.60. The van der Waals surface area contributed by atoms with E-state index < -0.39 is 0 Å². The first-order valence-electron chi connectivity index (χ1n) is 11.3. The summed E-state index contributed by atoms with van der Waals surface area (Å²) in [6.07, 6.45) is 3.96. The molecule has 0 spiro atoms. The van der Waals surface area contributed by atoms with Crippen molar-refractivity contribution in [2.45, 2.75) is 52.5 Å². The van der Waals surface area contributed by atoms with E-state index in [1.54, 1.807) is 11.5 Å². The Bertz CT molecular complexity index is 1270. The molecule has 9 nitrogen and oxygen atoms in total. The van der Waals surface area contributed by atoms with E-state index in [4.69, 9.17) is 0 Å². The van der Waals surface area contributed by atoms with Crippen LogP contribution in [0.1, 0.15) is 55.7 Å². The Morgan fingerprint density at radius 2 is 1.76 bits per heavy atom. The molecule has 33 heavy (non-hydrogen) atoms. The maximum Gasteiger partial charge on any atom is 0.353 e. The molecule has 0 saturated heterocycles. The molecule has 2 aromatic carbocycles. The first kappa shape index (κ1) is 22.3. The molecule has 0 unspecified atom stereocenters. The Morgan fingerprint density at radius 3 is 2.42 bits per heavy atom. The smallest absolute Gasteiger partial charge is 0.274 e. The molecular formula is C24H27N7O2. The molecule has 4 aromatic rings. The van der Waals surface area contributed by atoms with E-state index in [9.17, 15) is 9.59 Å². The van der Waals surface area contributed by atoms with Gasteiger partial charge in [-0.05, 0) is 28.3 Å². The molecule has 0 fully saturated rings. The fourth-order valence-corrected chi connectivity index (χ4v) is 3.80. The van der Waals surface area contributed by atoms with Crippen LogP contribution >= 0.6 is 0 Å². The van der Waals surface area contributed by atoms with E-state index in [2.05, 4.69) is 32.6 Å². The lowest BCUT2D eigenvalue weighted by atomic mass is 9.98. The SMILES string of the molecule is CCCCCc1nn(C(=O)CC)c(=O)n1Cc1ccc(-c2ccccc2-c2nn[nH]n2)cc1. The number of nitrogens with zero attached hydrogens (tertiary/aromatic N) is 6. The van der Waals surface area contributed by atoms with Crippen LogP contribution in [-0.4, -0.2) is 40.9 Å². The van der Waals surface area contributed by atoms with Gasteiger partial charge in [0.2, 0.25) is 5.82 Å². The number of nitrogens with one attached hydrogen (secondary N) is 1. The number of aromatic nitrogens is 7. The van der Waals surface area contributed by atoms with Gasteiger partial charge in [0, 0.05) is 18.4 Å². The molecule has 0 bridgehead atoms. The molecule has 0 radical (unpaired) electrons. The van der Waals surface area contributed by atoms with E-state index in [-0.39, 0.29) is 18.0 Å². The van der Waals surface area contributed by atoms with Gasteiger partial charge < -0.3 is 0 Å². The van der Waals surface area contributed by atoms with Crippen LogP contribution < -0.4 is 5.69 Å². The van der Waals surface area contributed by atoms with Crippen molar-refractivity contribution >= 4 is 5.91 Å². The van der Waals surface area contributed by atoms with Gasteiger partial charge in [-0.3, -0.25) is 9.36 Å². The molecule has 0 amide bonds. The predicted molar refractivity (Wildman–Crippen MR) is 125 cm³/mol. The second-order valence-corrected chi connectivity index (χ2v) is 7.88. The number of tetrazole rings is 1. The number of H-pyrrole nitrogens is 1. The fraction of sp³-hybridized carbons (Fsp3) is 0.333. The summed E-state index contributed by atoms with van der Waals surface area (Å²) in [4.78, 5) is 25.1. The number of benzene rings is 2. The lowest BCUT2D eigenvalue weighted by Gasteiger charge is -2.09. The zero-order chi connectivity index (χ0) is 23.2. The fourth-order valence-electron chi connectivity index (χ4n) is 3.80. The molecule has 0 aliphatic carbocycles. The second kappa shape index (κ2) is 10.2. The maximum absolute atomic E-state index is 12.9. The van der Waals surface area contributed by atoms with Gasteiger partial charge in [0.25, 0.3) is 5.91 Å². The summed E-state index contributed by atoms with van der Waals surface area (Å²) >= 11 is 0. The van der Waals surface area contributed by atoms with Crippen molar-refractivity contribution in [1.29, 1.82) is 0 Å². The number of unbranched alkanes of at least 4 members (excludes halogenated alkanes) is 2. The molecule has 4 rings (SSSR count). The Hall–Kier alpha value is -3.88. The molecule has 0 aliphatic rings. The van der Waals surface area contributed by atoms with Crippen molar-refractivity contribution in [1.82, 2.24) is 35.0 Å². The summed E-state index contributed by atoms with van der Waals surface area (Å²) in [6, 6.07) is 15.9. The van der Waals surface area contributed by atoms with E-state index >= 15 is 0 Å². The van der Waals surface area contributed by atoms with Crippen LogP contribution in [0, 0.1) is 0 Å². The zero-order valence-corrected chi connectivity index (χ0v) is 18.9. The minimum absolute atomic E-state index is 0.236. The number of rotatable bonds is 9. The van der Waals surface area contributed by atoms with Crippen LogP contribution in [0.3, 0.4) is 0 Å². The highest BCUT2D eigenvalue weighted by molar-refractivity contribution is 5.80. The van der Waals surface area contributed by atoms with Crippen molar-refractivity contribution in [3.05, 3.63) is 70.4 Å². The Balaban J connectivity index is 1.62. The number of aromatic amines is 1. The molecular weight excluding hydrogens is 418 g/mol. The summed E-state index contributed by atoms with van der Waals surface area (Å²) in [5.74, 6) is 0.900. The minimum Gasteiger partial charge on any atom is -0.274 e. The molecule has 0 saturated carbocycles. The minimum atomic E-state index is -0.375. The van der Waals surface area contributed by atoms with Gasteiger partial charge in [-0.15, -0.1) is 20.0 Å². The van der Waals surface area contributed by atoms with Crippen LogP contribution in [0.4, 0.5) is 0 Å². The molecule has 2 heterocycles. The van der Waals surface area contributed by atoms with E-state index in [0.717, 1.165) is 46.2 Å². The van der Waals surface area contributed by atoms with Gasteiger partial charge >= 0.3 is 5.69 Å². The van der Waals surface area contributed by atoms with E-state index in [1.807, 2.05) is 48.5 Å². The third-order valence-corrected chi connectivity index (χ3v) is 5.60. The van der Waals surface area contributed by atoms with Gasteiger partial charge in [0.05, 0.1) is 6.54 Å². The summed E-state index contributed by atoms with van der Waals surface area (Å²) in [6.45, 7) is 4.23. The van der Waals surface area contributed by atoms with Crippen molar-refractivity contribution in [2.75, 3.05) is 0 Å². The quantitative estimate of drug-likeness (QED) is 0.393. The molecule has 9 heteroatoms. The van der Waals surface area contributed by atoms with Crippen molar-refractivity contribution in [2.24, 2.45) is 0 Å². The molecule has 2 aromatic heterocycles. The Labute approximate surface area is 191 Å². The number of carbonyl (C=O) groups excluding carboxylic acids is 1. The summed E-state index contributed by atoms with van der Waals surface area (Å²) in [5, 5.41) is 18.7. The van der Waals surface area contributed by atoms with Crippen LogP contribution in [-0.2, 0) is 13.0 Å². The van der Waals surface area contributed by atoms with E-state index in [1.165, 1.54) is 0 Å².